The number of benzene rings is 2. The monoisotopic (exact) mass is 458 g/mol. The first-order chi connectivity index (χ1) is 16.2. The van der Waals surface area contributed by atoms with Gasteiger partial charge >= 0.3 is 6.01 Å². The fraction of sp³-hybridized carbons (Fsp3) is 0.174. The highest BCUT2D eigenvalue weighted by Gasteiger charge is 2.15. The Labute approximate surface area is 194 Å². The minimum absolute atomic E-state index is 0.286. The molecule has 0 spiro atoms. The van der Waals surface area contributed by atoms with Gasteiger partial charge in [-0.15, -0.1) is 11.3 Å². The lowest BCUT2D eigenvalue weighted by Crippen LogP contribution is -2.27. The first-order valence-electron chi connectivity index (χ1n) is 10.5. The van der Waals surface area contributed by atoms with Crippen molar-refractivity contribution in [2.45, 2.75) is 19.5 Å². The number of imidazole rings is 1. The summed E-state index contributed by atoms with van der Waals surface area (Å²) in [6.07, 6.45) is 6.38. The molecule has 3 aromatic heterocycles. The van der Waals surface area contributed by atoms with Gasteiger partial charge in [-0.3, -0.25) is 0 Å². The standard InChI is InChI=1S/C23H22N8OS/c32-23-28-21(26-18-7-8-19-20(13-18)33-16-25-19)27-22(29-23)31(14-17-5-2-1-3-6-17)11-4-10-30-12-9-24-15-30/h1-3,5-9,12-13,15-16H,4,10-11,14H2,(H2,26,27,28,29,32). The molecular formula is C23H22N8OS. The molecule has 9 nitrogen and oxygen atoms in total. The van der Waals surface area contributed by atoms with E-state index in [4.69, 9.17) is 0 Å². The van der Waals surface area contributed by atoms with Crippen molar-refractivity contribution >= 4 is 39.1 Å². The molecule has 0 aliphatic rings. The van der Waals surface area contributed by atoms with E-state index in [0.717, 1.165) is 34.4 Å². The Morgan fingerprint density at radius 2 is 1.97 bits per heavy atom. The van der Waals surface area contributed by atoms with Crippen LogP contribution >= 0.6 is 11.3 Å². The van der Waals surface area contributed by atoms with Crippen LogP contribution in [0.1, 0.15) is 12.0 Å². The summed E-state index contributed by atoms with van der Waals surface area (Å²) < 4.78 is 3.09. The average Bonchev–Trinajstić information content (AvgIpc) is 3.50. The number of aromatic nitrogens is 6. The lowest BCUT2D eigenvalue weighted by atomic mass is 10.2. The third-order valence-corrected chi connectivity index (χ3v) is 5.89. The van der Waals surface area contributed by atoms with E-state index >= 15 is 0 Å². The molecule has 0 aliphatic heterocycles. The second-order valence-electron chi connectivity index (χ2n) is 7.48. The molecule has 0 aliphatic carbocycles. The lowest BCUT2D eigenvalue weighted by molar-refractivity contribution is 0.428. The molecule has 0 amide bonds. The van der Waals surface area contributed by atoms with E-state index in [1.54, 1.807) is 23.9 Å². The van der Waals surface area contributed by atoms with Gasteiger partial charge in [0.2, 0.25) is 11.9 Å². The van der Waals surface area contributed by atoms with Crippen LogP contribution in [0.5, 0.6) is 6.01 Å². The summed E-state index contributed by atoms with van der Waals surface area (Å²) in [5, 5.41) is 13.4. The number of rotatable bonds is 9. The molecule has 0 unspecified atom stereocenters. The molecular weight excluding hydrogens is 436 g/mol. The molecule has 2 N–H and O–H groups in total. The molecule has 166 valence electrons. The van der Waals surface area contributed by atoms with E-state index in [2.05, 4.69) is 42.4 Å². The van der Waals surface area contributed by atoms with E-state index < -0.39 is 0 Å². The molecule has 5 rings (SSSR count). The Bertz CT molecular complexity index is 1320. The zero-order valence-electron chi connectivity index (χ0n) is 17.7. The van der Waals surface area contributed by atoms with Crippen molar-refractivity contribution in [2.75, 3.05) is 16.8 Å². The third-order valence-electron chi connectivity index (χ3n) is 5.10. The van der Waals surface area contributed by atoms with E-state index in [1.807, 2.05) is 57.6 Å². The van der Waals surface area contributed by atoms with Crippen molar-refractivity contribution in [3.05, 3.63) is 78.3 Å². The highest BCUT2D eigenvalue weighted by Crippen LogP contribution is 2.25. The highest BCUT2D eigenvalue weighted by atomic mass is 32.1. The molecule has 0 fully saturated rings. The number of anilines is 3. The predicted octanol–water partition coefficient (Wildman–Crippen LogP) is 4.22. The molecule has 0 saturated carbocycles. The third kappa shape index (κ3) is 5.24. The van der Waals surface area contributed by atoms with Gasteiger partial charge in [-0.1, -0.05) is 30.3 Å². The highest BCUT2D eigenvalue weighted by molar-refractivity contribution is 7.16. The molecule has 0 bridgehead atoms. The quantitative estimate of drug-likeness (QED) is 0.338. The van der Waals surface area contributed by atoms with Crippen LogP contribution in [0.15, 0.2) is 72.8 Å². The molecule has 0 saturated heterocycles. The van der Waals surface area contributed by atoms with Crippen LogP contribution in [0, 0.1) is 0 Å². The Hall–Kier alpha value is -4.05. The number of aromatic hydroxyl groups is 1. The Kier molecular flexibility index (Phi) is 6.07. The summed E-state index contributed by atoms with van der Waals surface area (Å²) >= 11 is 1.56. The number of nitrogens with zero attached hydrogens (tertiary/aromatic N) is 7. The number of nitrogens with one attached hydrogen (secondary N) is 1. The maximum Gasteiger partial charge on any atom is 0.320 e. The summed E-state index contributed by atoms with van der Waals surface area (Å²) in [5.74, 6) is 0.701. The van der Waals surface area contributed by atoms with E-state index in [9.17, 15) is 5.11 Å². The van der Waals surface area contributed by atoms with Crippen molar-refractivity contribution in [3.63, 3.8) is 0 Å². The summed E-state index contributed by atoms with van der Waals surface area (Å²) in [4.78, 5) is 23.4. The summed E-state index contributed by atoms with van der Waals surface area (Å²) in [6.45, 7) is 2.13. The van der Waals surface area contributed by atoms with Crippen LogP contribution < -0.4 is 10.2 Å². The predicted molar refractivity (Wildman–Crippen MR) is 129 cm³/mol. The molecule has 0 radical (unpaired) electrons. The van der Waals surface area contributed by atoms with Gasteiger partial charge < -0.3 is 19.9 Å². The van der Waals surface area contributed by atoms with Gasteiger partial charge in [0, 0.05) is 37.7 Å². The fourth-order valence-electron chi connectivity index (χ4n) is 3.53. The van der Waals surface area contributed by atoms with E-state index in [0.29, 0.717) is 19.0 Å². The summed E-state index contributed by atoms with van der Waals surface area (Å²) in [7, 11) is 0. The maximum absolute atomic E-state index is 10.3. The van der Waals surface area contributed by atoms with Gasteiger partial charge in [0.05, 0.1) is 22.1 Å². The van der Waals surface area contributed by atoms with Gasteiger partial charge in [0.15, 0.2) is 0 Å². The largest absolute Gasteiger partial charge is 0.479 e. The molecule has 0 atom stereocenters. The normalized spacial score (nSPS) is 11.0. The molecule has 3 heterocycles. The van der Waals surface area contributed by atoms with Crippen LogP contribution in [0.2, 0.25) is 0 Å². The second kappa shape index (κ2) is 9.61. The fourth-order valence-corrected chi connectivity index (χ4v) is 4.25. The van der Waals surface area contributed by atoms with Crippen molar-refractivity contribution in [1.29, 1.82) is 0 Å². The van der Waals surface area contributed by atoms with E-state index in [-0.39, 0.29) is 12.0 Å². The topological polar surface area (TPSA) is 105 Å². The summed E-state index contributed by atoms with van der Waals surface area (Å²) in [6, 6.07) is 15.6. The number of fused-ring (bicyclic) bond motifs is 1. The van der Waals surface area contributed by atoms with Gasteiger partial charge in [0.25, 0.3) is 0 Å². The zero-order chi connectivity index (χ0) is 22.5. The Morgan fingerprint density at radius 1 is 1.06 bits per heavy atom. The molecule has 10 heteroatoms. The van der Waals surface area contributed by atoms with Crippen LogP contribution in [0.25, 0.3) is 10.2 Å². The van der Waals surface area contributed by atoms with Gasteiger partial charge in [-0.25, -0.2) is 9.97 Å². The minimum Gasteiger partial charge on any atom is -0.479 e. The van der Waals surface area contributed by atoms with Gasteiger partial charge in [0.1, 0.15) is 0 Å². The first kappa shape index (κ1) is 20.8. The van der Waals surface area contributed by atoms with Gasteiger partial charge in [-0.2, -0.15) is 15.0 Å². The smallest absolute Gasteiger partial charge is 0.320 e. The van der Waals surface area contributed by atoms with Crippen molar-refractivity contribution in [3.8, 4) is 6.01 Å². The molecule has 5 aromatic rings. The van der Waals surface area contributed by atoms with Crippen LogP contribution in [0.3, 0.4) is 0 Å². The minimum atomic E-state index is -0.325. The van der Waals surface area contributed by atoms with E-state index in [1.165, 1.54) is 0 Å². The summed E-state index contributed by atoms with van der Waals surface area (Å²) in [5.41, 5.74) is 4.70. The van der Waals surface area contributed by atoms with Gasteiger partial charge in [-0.05, 0) is 30.2 Å². The first-order valence-corrected chi connectivity index (χ1v) is 11.4. The Morgan fingerprint density at radius 3 is 2.82 bits per heavy atom. The number of hydrogen-bond donors (Lipinski definition) is 2. The van der Waals surface area contributed by atoms with Crippen molar-refractivity contribution < 1.29 is 5.11 Å². The molecule has 2 aromatic carbocycles. The second-order valence-corrected chi connectivity index (χ2v) is 8.37. The SMILES string of the molecule is Oc1nc(Nc2ccc3ncsc3c2)nc(N(CCCn2ccnc2)Cc2ccccc2)n1. The number of aryl methyl sites for hydroxylation is 1. The van der Waals surface area contributed by atoms with Crippen LogP contribution in [-0.4, -0.2) is 41.1 Å². The maximum atomic E-state index is 10.3. The molecule has 33 heavy (non-hydrogen) atoms. The lowest BCUT2D eigenvalue weighted by Gasteiger charge is -2.23. The van der Waals surface area contributed by atoms with Crippen molar-refractivity contribution in [1.82, 2.24) is 29.5 Å². The zero-order valence-corrected chi connectivity index (χ0v) is 18.6. The van der Waals surface area contributed by atoms with Crippen LogP contribution in [0.4, 0.5) is 17.6 Å². The number of thiazole rings is 1. The Balaban J connectivity index is 1.38. The van der Waals surface area contributed by atoms with Crippen molar-refractivity contribution in [2.24, 2.45) is 0 Å². The average molecular weight is 459 g/mol. The van der Waals surface area contributed by atoms with Crippen LogP contribution in [-0.2, 0) is 13.1 Å². The number of hydrogen-bond acceptors (Lipinski definition) is 9.